The van der Waals surface area contributed by atoms with Crippen LogP contribution in [0.4, 0.5) is 0 Å². The molecule has 1 unspecified atom stereocenters. The van der Waals surface area contributed by atoms with E-state index in [1.54, 1.807) is 0 Å². The smallest absolute Gasteiger partial charge is 0.0991 e. The molecule has 1 heterocycles. The molecule has 58 heavy (non-hydrogen) atoms. The van der Waals surface area contributed by atoms with Gasteiger partial charge in [-0.3, -0.25) is 0 Å². The maximum Gasteiger partial charge on any atom is 0.0991 e. The van der Waals surface area contributed by atoms with Crippen LogP contribution >= 0.6 is 11.8 Å². The molecule has 0 amide bonds. The molecule has 2 heteroatoms. The van der Waals surface area contributed by atoms with Crippen LogP contribution in [0.5, 0.6) is 0 Å². The van der Waals surface area contributed by atoms with E-state index in [1.807, 2.05) is 17.8 Å². The number of nitrogens with zero attached hydrogens (tertiary/aromatic N) is 1. The lowest BCUT2D eigenvalue weighted by Gasteiger charge is -2.40. The first-order valence-electron chi connectivity index (χ1n) is 20.1. The van der Waals surface area contributed by atoms with Gasteiger partial charge in [-0.2, -0.15) is 5.26 Å². The molecule has 1 aliphatic heterocycles. The van der Waals surface area contributed by atoms with E-state index in [-0.39, 0.29) is 0 Å². The van der Waals surface area contributed by atoms with E-state index >= 15 is 0 Å². The van der Waals surface area contributed by atoms with E-state index in [2.05, 4.69) is 188 Å². The minimum atomic E-state index is -0.583. The van der Waals surface area contributed by atoms with Crippen LogP contribution in [0.2, 0.25) is 0 Å². The molecule has 0 fully saturated rings. The van der Waals surface area contributed by atoms with Crippen LogP contribution in [-0.2, 0) is 11.8 Å². The highest BCUT2D eigenvalue weighted by Crippen LogP contribution is 2.64. The van der Waals surface area contributed by atoms with E-state index in [1.165, 1.54) is 109 Å². The molecular weight excluding hydrogens is 719 g/mol. The van der Waals surface area contributed by atoms with Gasteiger partial charge in [0.25, 0.3) is 0 Å². The van der Waals surface area contributed by atoms with E-state index in [0.29, 0.717) is 5.56 Å². The second kappa shape index (κ2) is 12.8. The molecule has 3 aliphatic rings. The van der Waals surface area contributed by atoms with Crippen LogP contribution in [-0.4, -0.2) is 0 Å². The standard InChI is InChI=1S/C56H35NS/c57-34-35-29-30-41-40-19-10-11-25-48(40)56(51(41)31-35)49-26-12-13-28-52(49)58-55-46(24-14-27-50(55)56)53-42-20-6-8-22-44(42)54(45-23-9-7-21-43(45)53)47-33-38(36-15-2-1-3-16-36)32-37-17-4-5-18-39(37)47/h1-3,5-16,18-33H,4,17H2. The van der Waals surface area contributed by atoms with Crippen molar-refractivity contribution in [3.8, 4) is 50.6 Å². The first-order valence-corrected chi connectivity index (χ1v) is 20.9. The second-order valence-corrected chi connectivity index (χ2v) is 16.7. The summed E-state index contributed by atoms with van der Waals surface area (Å²) >= 11 is 1.89. The van der Waals surface area contributed by atoms with Crippen molar-refractivity contribution in [1.82, 2.24) is 0 Å². The molecule has 0 saturated heterocycles. The summed E-state index contributed by atoms with van der Waals surface area (Å²) in [5.41, 5.74) is 17.8. The fourth-order valence-electron chi connectivity index (χ4n) is 10.5. The minimum absolute atomic E-state index is 0.583. The Hall–Kier alpha value is -6.92. The van der Waals surface area contributed by atoms with Gasteiger partial charge in [0.1, 0.15) is 0 Å². The minimum Gasteiger partial charge on any atom is -0.192 e. The van der Waals surface area contributed by atoms with Crippen LogP contribution in [0, 0.1) is 11.3 Å². The lowest BCUT2D eigenvalue weighted by Crippen LogP contribution is -2.32. The highest BCUT2D eigenvalue weighted by Gasteiger charge is 2.50. The molecule has 12 rings (SSSR count). The first kappa shape index (κ1) is 33.2. The molecule has 0 radical (unpaired) electrons. The first-order chi connectivity index (χ1) is 28.7. The number of hydrogen-bond acceptors (Lipinski definition) is 2. The highest BCUT2D eigenvalue weighted by molar-refractivity contribution is 7.99. The largest absolute Gasteiger partial charge is 0.192 e. The van der Waals surface area contributed by atoms with Crippen molar-refractivity contribution in [2.75, 3.05) is 0 Å². The van der Waals surface area contributed by atoms with E-state index in [9.17, 15) is 5.26 Å². The molecule has 2 aliphatic carbocycles. The van der Waals surface area contributed by atoms with Gasteiger partial charge in [0.15, 0.2) is 0 Å². The van der Waals surface area contributed by atoms with Gasteiger partial charge in [-0.25, -0.2) is 0 Å². The summed E-state index contributed by atoms with van der Waals surface area (Å²) < 4.78 is 0. The maximum atomic E-state index is 10.2. The topological polar surface area (TPSA) is 23.8 Å². The lowest BCUT2D eigenvalue weighted by atomic mass is 9.66. The Labute approximate surface area is 342 Å². The van der Waals surface area contributed by atoms with Gasteiger partial charge in [-0.05, 0) is 137 Å². The third-order valence-corrected chi connectivity index (χ3v) is 14.0. The molecule has 0 saturated carbocycles. The quantitative estimate of drug-likeness (QED) is 0.168. The SMILES string of the molecule is N#Cc1ccc2c(c1)C1(c3ccccc3Sc3c(-c4c5ccccc5c(-c5cc(-c6ccccc6)cc6c5C=CCC6)c5ccccc45)cccc31)c1ccccc1-2. The number of fused-ring (bicyclic) bond motifs is 12. The van der Waals surface area contributed by atoms with Gasteiger partial charge in [0.05, 0.1) is 17.0 Å². The van der Waals surface area contributed by atoms with Crippen molar-refractivity contribution in [3.63, 3.8) is 0 Å². The van der Waals surface area contributed by atoms with Gasteiger partial charge in [0, 0.05) is 9.79 Å². The Kier molecular flexibility index (Phi) is 7.34. The normalized spacial score (nSPS) is 15.7. The van der Waals surface area contributed by atoms with Crippen LogP contribution in [0.1, 0.15) is 45.4 Å². The number of allylic oxidation sites excluding steroid dienone is 1. The third-order valence-electron chi connectivity index (χ3n) is 12.8. The van der Waals surface area contributed by atoms with Crippen molar-refractivity contribution in [1.29, 1.82) is 5.26 Å². The number of nitriles is 1. The van der Waals surface area contributed by atoms with E-state index in [0.717, 1.165) is 12.8 Å². The number of aryl methyl sites for hydroxylation is 1. The summed E-state index contributed by atoms with van der Waals surface area (Å²) in [6, 6.07) is 67.3. The Morgan fingerprint density at radius 1 is 0.483 bits per heavy atom. The van der Waals surface area contributed by atoms with Crippen LogP contribution in [0.25, 0.3) is 72.1 Å². The van der Waals surface area contributed by atoms with Crippen LogP contribution < -0.4 is 0 Å². The number of rotatable bonds is 3. The van der Waals surface area contributed by atoms with Gasteiger partial charge < -0.3 is 0 Å². The van der Waals surface area contributed by atoms with Crippen LogP contribution in [0.15, 0.2) is 192 Å². The molecule has 9 aromatic rings. The Morgan fingerprint density at radius 2 is 1.10 bits per heavy atom. The molecule has 1 atom stereocenters. The fraction of sp³-hybridized carbons (Fsp3) is 0.0536. The van der Waals surface area contributed by atoms with Gasteiger partial charge in [0.2, 0.25) is 0 Å². The van der Waals surface area contributed by atoms with Crippen molar-refractivity contribution >= 4 is 39.4 Å². The van der Waals surface area contributed by atoms with Crippen molar-refractivity contribution in [3.05, 3.63) is 221 Å². The predicted octanol–water partition coefficient (Wildman–Crippen LogP) is 14.7. The molecule has 0 aromatic heterocycles. The number of benzene rings is 9. The average Bonchev–Trinajstić information content (AvgIpc) is 3.58. The van der Waals surface area contributed by atoms with Gasteiger partial charge >= 0.3 is 0 Å². The maximum absolute atomic E-state index is 10.2. The molecule has 1 nitrogen and oxygen atoms in total. The third kappa shape index (κ3) is 4.60. The van der Waals surface area contributed by atoms with Gasteiger partial charge in [-0.15, -0.1) is 0 Å². The van der Waals surface area contributed by atoms with Crippen LogP contribution in [0.3, 0.4) is 0 Å². The Bertz CT molecular complexity index is 3220. The average molecular weight is 754 g/mol. The van der Waals surface area contributed by atoms with E-state index < -0.39 is 5.41 Å². The molecular formula is C56H35NS. The zero-order valence-electron chi connectivity index (χ0n) is 31.7. The summed E-state index contributed by atoms with van der Waals surface area (Å²) in [7, 11) is 0. The second-order valence-electron chi connectivity index (χ2n) is 15.7. The Morgan fingerprint density at radius 3 is 1.86 bits per heavy atom. The lowest BCUT2D eigenvalue weighted by molar-refractivity contribution is 0.723. The highest BCUT2D eigenvalue weighted by atomic mass is 32.2. The summed E-state index contributed by atoms with van der Waals surface area (Å²) in [5.74, 6) is 0. The summed E-state index contributed by atoms with van der Waals surface area (Å²) in [5, 5.41) is 15.2. The molecule has 9 aromatic carbocycles. The Balaban J connectivity index is 1.19. The molecule has 0 bridgehead atoms. The number of hydrogen-bond donors (Lipinski definition) is 0. The fourth-order valence-corrected chi connectivity index (χ4v) is 11.8. The van der Waals surface area contributed by atoms with E-state index in [4.69, 9.17) is 0 Å². The molecule has 0 N–H and O–H groups in total. The predicted molar refractivity (Wildman–Crippen MR) is 241 cm³/mol. The zero-order chi connectivity index (χ0) is 38.4. The van der Waals surface area contributed by atoms with Gasteiger partial charge in [-0.1, -0.05) is 176 Å². The van der Waals surface area contributed by atoms with Crippen molar-refractivity contribution in [2.45, 2.75) is 28.0 Å². The molecule has 1 spiro atoms. The monoisotopic (exact) mass is 753 g/mol. The van der Waals surface area contributed by atoms with Crippen molar-refractivity contribution < 1.29 is 0 Å². The van der Waals surface area contributed by atoms with Crippen molar-refractivity contribution in [2.24, 2.45) is 0 Å². The summed E-state index contributed by atoms with van der Waals surface area (Å²) in [6.45, 7) is 0. The molecule has 270 valence electrons. The summed E-state index contributed by atoms with van der Waals surface area (Å²) in [6.07, 6.45) is 6.79. The zero-order valence-corrected chi connectivity index (χ0v) is 32.5. The summed E-state index contributed by atoms with van der Waals surface area (Å²) in [4.78, 5) is 2.51.